The standard InChI is InChI=1S/C17H16ClN3O3S/c1-11(2)24-15(22)10-25-17-20-19-16(14-4-3-9-23-14)21(17)13-7-5-12(18)6-8-13/h3-9,11H,10H2,1-2H3. The number of carbonyl (C=O) groups excluding carboxylic acids is 1. The molecule has 0 amide bonds. The van der Waals surface area contributed by atoms with E-state index in [4.69, 9.17) is 20.8 Å². The van der Waals surface area contributed by atoms with Crippen molar-refractivity contribution in [2.75, 3.05) is 5.75 Å². The number of aromatic nitrogens is 3. The van der Waals surface area contributed by atoms with Gasteiger partial charge in [0, 0.05) is 10.7 Å². The number of esters is 1. The molecule has 2 heterocycles. The summed E-state index contributed by atoms with van der Waals surface area (Å²) in [6, 6.07) is 10.9. The van der Waals surface area contributed by atoms with Gasteiger partial charge < -0.3 is 9.15 Å². The molecule has 2 aromatic heterocycles. The molecule has 0 aliphatic carbocycles. The van der Waals surface area contributed by atoms with E-state index in [1.165, 1.54) is 11.8 Å². The van der Waals surface area contributed by atoms with Gasteiger partial charge in [-0.05, 0) is 50.2 Å². The molecule has 3 rings (SSSR count). The molecule has 0 aliphatic heterocycles. The number of carbonyl (C=O) groups is 1. The summed E-state index contributed by atoms with van der Waals surface area (Å²) < 4.78 is 12.4. The third-order valence-corrected chi connectivity index (χ3v) is 4.30. The van der Waals surface area contributed by atoms with E-state index in [0.29, 0.717) is 21.8 Å². The van der Waals surface area contributed by atoms with E-state index in [9.17, 15) is 4.79 Å². The van der Waals surface area contributed by atoms with Gasteiger partial charge in [0.15, 0.2) is 10.9 Å². The van der Waals surface area contributed by atoms with Crippen LogP contribution in [0.3, 0.4) is 0 Å². The van der Waals surface area contributed by atoms with Gasteiger partial charge >= 0.3 is 5.97 Å². The summed E-state index contributed by atoms with van der Waals surface area (Å²) >= 11 is 7.23. The summed E-state index contributed by atoms with van der Waals surface area (Å²) in [5.74, 6) is 0.971. The van der Waals surface area contributed by atoms with Crippen LogP contribution in [0.15, 0.2) is 52.2 Å². The van der Waals surface area contributed by atoms with E-state index in [1.807, 2.05) is 30.5 Å². The normalized spacial score (nSPS) is 11.0. The topological polar surface area (TPSA) is 70.2 Å². The van der Waals surface area contributed by atoms with Crippen LogP contribution < -0.4 is 0 Å². The second kappa shape index (κ2) is 7.76. The lowest BCUT2D eigenvalue weighted by molar-refractivity contribution is -0.144. The van der Waals surface area contributed by atoms with E-state index in [0.717, 1.165) is 5.69 Å². The maximum Gasteiger partial charge on any atom is 0.316 e. The van der Waals surface area contributed by atoms with Crippen LogP contribution in [0.2, 0.25) is 5.02 Å². The number of benzene rings is 1. The Hall–Kier alpha value is -2.25. The van der Waals surface area contributed by atoms with Gasteiger partial charge in [0.1, 0.15) is 0 Å². The van der Waals surface area contributed by atoms with Crippen molar-refractivity contribution in [1.82, 2.24) is 14.8 Å². The Bertz CT molecular complexity index is 845. The van der Waals surface area contributed by atoms with Crippen molar-refractivity contribution in [1.29, 1.82) is 0 Å². The van der Waals surface area contributed by atoms with Crippen LogP contribution in [0.25, 0.3) is 17.3 Å². The Kier molecular flexibility index (Phi) is 5.45. The number of hydrogen-bond acceptors (Lipinski definition) is 6. The second-order valence-corrected chi connectivity index (χ2v) is 6.80. The van der Waals surface area contributed by atoms with Gasteiger partial charge in [-0.1, -0.05) is 23.4 Å². The van der Waals surface area contributed by atoms with Crippen molar-refractivity contribution in [3.63, 3.8) is 0 Å². The largest absolute Gasteiger partial charge is 0.462 e. The van der Waals surface area contributed by atoms with Crippen LogP contribution in [-0.4, -0.2) is 32.6 Å². The molecule has 0 atom stereocenters. The highest BCUT2D eigenvalue weighted by Crippen LogP contribution is 2.28. The monoisotopic (exact) mass is 377 g/mol. The molecule has 6 nitrogen and oxygen atoms in total. The number of rotatable bonds is 6. The van der Waals surface area contributed by atoms with Crippen LogP contribution in [0, 0.1) is 0 Å². The molecular formula is C17H16ClN3O3S. The summed E-state index contributed by atoms with van der Waals surface area (Å²) in [6.07, 6.45) is 1.42. The van der Waals surface area contributed by atoms with Crippen molar-refractivity contribution < 1.29 is 13.9 Å². The fourth-order valence-electron chi connectivity index (χ4n) is 2.17. The minimum atomic E-state index is -0.301. The Morgan fingerprint density at radius 2 is 2.04 bits per heavy atom. The molecule has 0 radical (unpaired) electrons. The van der Waals surface area contributed by atoms with E-state index < -0.39 is 0 Å². The quantitative estimate of drug-likeness (QED) is 0.473. The number of nitrogens with zero attached hydrogens (tertiary/aromatic N) is 3. The summed E-state index contributed by atoms with van der Waals surface area (Å²) in [5, 5.41) is 9.60. The molecule has 0 aliphatic rings. The fourth-order valence-corrected chi connectivity index (χ4v) is 3.03. The van der Waals surface area contributed by atoms with Crippen LogP contribution in [0.1, 0.15) is 13.8 Å². The van der Waals surface area contributed by atoms with Crippen LogP contribution >= 0.6 is 23.4 Å². The summed E-state index contributed by atoms with van der Waals surface area (Å²) in [6.45, 7) is 3.63. The lowest BCUT2D eigenvalue weighted by Crippen LogP contribution is -2.13. The van der Waals surface area contributed by atoms with Crippen LogP contribution in [0.4, 0.5) is 0 Å². The van der Waals surface area contributed by atoms with Crippen molar-refractivity contribution in [2.45, 2.75) is 25.1 Å². The van der Waals surface area contributed by atoms with Gasteiger partial charge in [0.05, 0.1) is 18.1 Å². The minimum absolute atomic E-state index is 0.141. The highest BCUT2D eigenvalue weighted by atomic mass is 35.5. The maximum absolute atomic E-state index is 11.8. The van der Waals surface area contributed by atoms with Crippen molar-refractivity contribution in [2.24, 2.45) is 0 Å². The zero-order valence-electron chi connectivity index (χ0n) is 13.7. The Balaban J connectivity index is 1.93. The zero-order valence-corrected chi connectivity index (χ0v) is 15.3. The van der Waals surface area contributed by atoms with Crippen molar-refractivity contribution >= 4 is 29.3 Å². The van der Waals surface area contributed by atoms with E-state index in [2.05, 4.69) is 10.2 Å². The molecule has 0 saturated carbocycles. The lowest BCUT2D eigenvalue weighted by Gasteiger charge is -2.10. The number of furan rings is 1. The van der Waals surface area contributed by atoms with E-state index in [1.54, 1.807) is 30.5 Å². The van der Waals surface area contributed by atoms with Crippen molar-refractivity contribution in [3.8, 4) is 17.3 Å². The Morgan fingerprint density at radius 1 is 1.28 bits per heavy atom. The molecule has 0 saturated heterocycles. The molecule has 0 spiro atoms. The number of hydrogen-bond donors (Lipinski definition) is 0. The first-order chi connectivity index (χ1) is 12.0. The van der Waals surface area contributed by atoms with Gasteiger partial charge in [-0.3, -0.25) is 9.36 Å². The third kappa shape index (κ3) is 4.24. The predicted octanol–water partition coefficient (Wildman–Crippen LogP) is 4.22. The van der Waals surface area contributed by atoms with E-state index in [-0.39, 0.29) is 17.8 Å². The van der Waals surface area contributed by atoms with Gasteiger partial charge in [0.2, 0.25) is 5.82 Å². The maximum atomic E-state index is 11.8. The minimum Gasteiger partial charge on any atom is -0.462 e. The molecule has 3 aromatic rings. The van der Waals surface area contributed by atoms with Gasteiger partial charge in [0.25, 0.3) is 0 Å². The molecule has 0 N–H and O–H groups in total. The molecule has 0 unspecified atom stereocenters. The van der Waals surface area contributed by atoms with Gasteiger partial charge in [-0.25, -0.2) is 0 Å². The molecule has 0 fully saturated rings. The predicted molar refractivity (Wildman–Crippen MR) is 96.0 cm³/mol. The Labute approximate surface area is 154 Å². The first-order valence-electron chi connectivity index (χ1n) is 7.62. The number of thioether (sulfide) groups is 1. The summed E-state index contributed by atoms with van der Waals surface area (Å²) in [4.78, 5) is 11.8. The van der Waals surface area contributed by atoms with Crippen LogP contribution in [-0.2, 0) is 9.53 Å². The average Bonchev–Trinajstić information content (AvgIpc) is 3.22. The zero-order chi connectivity index (χ0) is 17.8. The lowest BCUT2D eigenvalue weighted by atomic mass is 10.3. The highest BCUT2D eigenvalue weighted by Gasteiger charge is 2.19. The fraction of sp³-hybridized carbons (Fsp3) is 0.235. The second-order valence-electron chi connectivity index (χ2n) is 5.42. The first kappa shape index (κ1) is 17.6. The molecule has 8 heteroatoms. The number of halogens is 1. The SMILES string of the molecule is CC(C)OC(=O)CSc1nnc(-c2ccco2)n1-c1ccc(Cl)cc1. The van der Waals surface area contributed by atoms with E-state index >= 15 is 0 Å². The summed E-state index contributed by atoms with van der Waals surface area (Å²) in [7, 11) is 0. The molecule has 25 heavy (non-hydrogen) atoms. The highest BCUT2D eigenvalue weighted by molar-refractivity contribution is 7.99. The van der Waals surface area contributed by atoms with Gasteiger partial charge in [-0.2, -0.15) is 0 Å². The molecule has 1 aromatic carbocycles. The van der Waals surface area contributed by atoms with Crippen molar-refractivity contribution in [3.05, 3.63) is 47.7 Å². The van der Waals surface area contributed by atoms with Crippen LogP contribution in [0.5, 0.6) is 0 Å². The molecule has 130 valence electrons. The first-order valence-corrected chi connectivity index (χ1v) is 8.98. The smallest absolute Gasteiger partial charge is 0.316 e. The third-order valence-electron chi connectivity index (χ3n) is 3.15. The van der Waals surface area contributed by atoms with Gasteiger partial charge in [-0.15, -0.1) is 10.2 Å². The Morgan fingerprint density at radius 3 is 2.68 bits per heavy atom. The molecular weight excluding hydrogens is 362 g/mol. The summed E-state index contributed by atoms with van der Waals surface area (Å²) in [5.41, 5.74) is 0.820. The number of ether oxygens (including phenoxy) is 1. The average molecular weight is 378 g/mol. The molecule has 0 bridgehead atoms.